The summed E-state index contributed by atoms with van der Waals surface area (Å²) in [6.45, 7) is 2.08. The van der Waals surface area contributed by atoms with E-state index in [9.17, 15) is 18.0 Å². The zero-order valence-electron chi connectivity index (χ0n) is 14.3. The van der Waals surface area contributed by atoms with Gasteiger partial charge in [-0.1, -0.05) is 30.3 Å². The van der Waals surface area contributed by atoms with Crippen LogP contribution in [0.1, 0.15) is 21.9 Å². The Morgan fingerprint density at radius 2 is 1.74 bits per heavy atom. The Kier molecular flexibility index (Phi) is 5.35. The van der Waals surface area contributed by atoms with Crippen molar-refractivity contribution in [1.82, 2.24) is 9.97 Å². The summed E-state index contributed by atoms with van der Waals surface area (Å²) in [4.78, 5) is 20.5. The second-order valence-corrected chi connectivity index (χ2v) is 5.70. The summed E-state index contributed by atoms with van der Waals surface area (Å²) in [5.74, 6) is -4.51. The standard InChI is InChI=1S/C19H15F3N4O/c1-11-24-15(9-16(25-11)23-10-12-5-3-2-4-6-12)19(27)26-14-8-7-13(20)17(21)18(14)22/h2-9H,10H2,1H3,(H,26,27)(H,23,24,25). The molecule has 0 aliphatic rings. The Balaban J connectivity index is 1.77. The smallest absolute Gasteiger partial charge is 0.274 e. The molecule has 0 aliphatic heterocycles. The van der Waals surface area contributed by atoms with E-state index in [1.165, 1.54) is 6.07 Å². The Morgan fingerprint density at radius 1 is 1.00 bits per heavy atom. The van der Waals surface area contributed by atoms with Gasteiger partial charge in [0, 0.05) is 12.6 Å². The van der Waals surface area contributed by atoms with Crippen molar-refractivity contribution in [2.75, 3.05) is 10.6 Å². The zero-order chi connectivity index (χ0) is 19.4. The molecule has 2 N–H and O–H groups in total. The minimum absolute atomic E-state index is 0.0396. The fourth-order valence-electron chi connectivity index (χ4n) is 2.37. The molecule has 0 atom stereocenters. The van der Waals surface area contributed by atoms with Gasteiger partial charge in [0.25, 0.3) is 5.91 Å². The van der Waals surface area contributed by atoms with Gasteiger partial charge in [0.2, 0.25) is 0 Å². The van der Waals surface area contributed by atoms with Gasteiger partial charge in [0.1, 0.15) is 17.3 Å². The number of aryl methyl sites for hydroxylation is 1. The second-order valence-electron chi connectivity index (χ2n) is 5.70. The van der Waals surface area contributed by atoms with E-state index in [0.717, 1.165) is 17.7 Å². The highest BCUT2D eigenvalue weighted by atomic mass is 19.2. The minimum atomic E-state index is -1.66. The van der Waals surface area contributed by atoms with Crippen LogP contribution in [0.4, 0.5) is 24.7 Å². The van der Waals surface area contributed by atoms with Crippen molar-refractivity contribution in [3.63, 3.8) is 0 Å². The van der Waals surface area contributed by atoms with Gasteiger partial charge in [-0.2, -0.15) is 0 Å². The maximum atomic E-state index is 13.7. The Morgan fingerprint density at radius 3 is 2.48 bits per heavy atom. The molecule has 8 heteroatoms. The quantitative estimate of drug-likeness (QED) is 0.663. The van der Waals surface area contributed by atoms with Crippen LogP contribution in [0, 0.1) is 24.4 Å². The molecule has 0 bridgehead atoms. The number of halogens is 3. The molecule has 1 heterocycles. The first-order valence-corrected chi connectivity index (χ1v) is 8.02. The summed E-state index contributed by atoms with van der Waals surface area (Å²) in [6.07, 6.45) is 0. The first kappa shape index (κ1) is 18.4. The van der Waals surface area contributed by atoms with Crippen molar-refractivity contribution >= 4 is 17.4 Å². The van der Waals surface area contributed by atoms with Gasteiger partial charge in [0.15, 0.2) is 17.5 Å². The summed E-state index contributed by atoms with van der Waals surface area (Å²) >= 11 is 0. The molecule has 0 saturated heterocycles. The van der Waals surface area contributed by atoms with Gasteiger partial charge in [-0.05, 0) is 24.6 Å². The fraction of sp³-hybridized carbons (Fsp3) is 0.105. The average molecular weight is 372 g/mol. The molecule has 3 aromatic rings. The first-order valence-electron chi connectivity index (χ1n) is 8.02. The highest BCUT2D eigenvalue weighted by Gasteiger charge is 2.17. The number of nitrogens with one attached hydrogen (secondary N) is 2. The van der Waals surface area contributed by atoms with Crippen LogP contribution in [0.5, 0.6) is 0 Å². The third-order valence-corrected chi connectivity index (χ3v) is 3.67. The number of rotatable bonds is 5. The lowest BCUT2D eigenvalue weighted by Gasteiger charge is -2.10. The third-order valence-electron chi connectivity index (χ3n) is 3.67. The van der Waals surface area contributed by atoms with E-state index in [1.54, 1.807) is 6.92 Å². The van der Waals surface area contributed by atoms with Crippen molar-refractivity contribution in [2.24, 2.45) is 0 Å². The molecule has 0 saturated carbocycles. The minimum Gasteiger partial charge on any atom is -0.366 e. The van der Waals surface area contributed by atoms with E-state index in [0.29, 0.717) is 18.2 Å². The molecular weight excluding hydrogens is 357 g/mol. The molecule has 1 amide bonds. The van der Waals surface area contributed by atoms with E-state index in [2.05, 4.69) is 20.6 Å². The summed E-state index contributed by atoms with van der Waals surface area (Å²) in [7, 11) is 0. The number of nitrogens with zero attached hydrogens (tertiary/aromatic N) is 2. The van der Waals surface area contributed by atoms with Crippen LogP contribution in [-0.4, -0.2) is 15.9 Å². The van der Waals surface area contributed by atoms with E-state index >= 15 is 0 Å². The van der Waals surface area contributed by atoms with Crippen molar-refractivity contribution in [3.05, 3.63) is 83.1 Å². The normalized spacial score (nSPS) is 10.5. The number of hydrogen-bond donors (Lipinski definition) is 2. The highest BCUT2D eigenvalue weighted by molar-refractivity contribution is 6.03. The van der Waals surface area contributed by atoms with E-state index < -0.39 is 29.0 Å². The van der Waals surface area contributed by atoms with Gasteiger partial charge in [-0.25, -0.2) is 23.1 Å². The van der Waals surface area contributed by atoms with Crippen LogP contribution in [0.15, 0.2) is 48.5 Å². The molecule has 0 unspecified atom stereocenters. The number of carbonyl (C=O) groups is 1. The van der Waals surface area contributed by atoms with E-state index in [4.69, 9.17) is 0 Å². The summed E-state index contributed by atoms with van der Waals surface area (Å²) < 4.78 is 40.0. The van der Waals surface area contributed by atoms with Gasteiger partial charge in [-0.15, -0.1) is 0 Å². The van der Waals surface area contributed by atoms with Crippen molar-refractivity contribution in [2.45, 2.75) is 13.5 Å². The van der Waals surface area contributed by atoms with Gasteiger partial charge >= 0.3 is 0 Å². The fourth-order valence-corrected chi connectivity index (χ4v) is 2.37. The molecule has 27 heavy (non-hydrogen) atoms. The molecule has 3 rings (SSSR count). The molecule has 0 aliphatic carbocycles. The average Bonchev–Trinajstić information content (AvgIpc) is 2.67. The van der Waals surface area contributed by atoms with E-state index in [-0.39, 0.29) is 5.69 Å². The molecule has 0 radical (unpaired) electrons. The molecule has 138 valence electrons. The Bertz CT molecular complexity index is 980. The van der Waals surface area contributed by atoms with Crippen LogP contribution in [0.2, 0.25) is 0 Å². The molecule has 5 nitrogen and oxygen atoms in total. The van der Waals surface area contributed by atoms with Crippen molar-refractivity contribution in [1.29, 1.82) is 0 Å². The van der Waals surface area contributed by atoms with E-state index in [1.807, 2.05) is 30.3 Å². The summed E-state index contributed by atoms with van der Waals surface area (Å²) in [5.41, 5.74) is 0.500. The zero-order valence-corrected chi connectivity index (χ0v) is 14.3. The van der Waals surface area contributed by atoms with Crippen LogP contribution in [0.3, 0.4) is 0 Å². The summed E-state index contributed by atoms with van der Waals surface area (Å²) in [5, 5.41) is 5.26. The lowest BCUT2D eigenvalue weighted by molar-refractivity contribution is 0.102. The van der Waals surface area contributed by atoms with Crippen LogP contribution in [-0.2, 0) is 6.54 Å². The third kappa shape index (κ3) is 4.41. The van der Waals surface area contributed by atoms with Crippen LogP contribution >= 0.6 is 0 Å². The van der Waals surface area contributed by atoms with Crippen molar-refractivity contribution < 1.29 is 18.0 Å². The van der Waals surface area contributed by atoms with Gasteiger partial charge in [-0.3, -0.25) is 4.79 Å². The Hall–Kier alpha value is -3.42. The molecule has 0 fully saturated rings. The molecule has 2 aromatic carbocycles. The van der Waals surface area contributed by atoms with Gasteiger partial charge in [0.05, 0.1) is 5.69 Å². The van der Waals surface area contributed by atoms with Crippen LogP contribution in [0.25, 0.3) is 0 Å². The maximum absolute atomic E-state index is 13.7. The largest absolute Gasteiger partial charge is 0.366 e. The summed E-state index contributed by atoms with van der Waals surface area (Å²) in [6, 6.07) is 12.6. The van der Waals surface area contributed by atoms with Gasteiger partial charge < -0.3 is 10.6 Å². The number of benzene rings is 2. The Labute approximate surface area is 153 Å². The monoisotopic (exact) mass is 372 g/mol. The topological polar surface area (TPSA) is 66.9 Å². The molecule has 1 aromatic heterocycles. The number of anilines is 2. The predicted molar refractivity (Wildman–Crippen MR) is 94.8 cm³/mol. The number of amides is 1. The van der Waals surface area contributed by atoms with Crippen LogP contribution < -0.4 is 10.6 Å². The molecular formula is C19H15F3N4O. The number of hydrogen-bond acceptors (Lipinski definition) is 4. The first-order chi connectivity index (χ1) is 12.9. The number of aromatic nitrogens is 2. The van der Waals surface area contributed by atoms with Crippen molar-refractivity contribution in [3.8, 4) is 0 Å². The predicted octanol–water partition coefficient (Wildman–Crippen LogP) is 4.07. The lowest BCUT2D eigenvalue weighted by atomic mass is 10.2. The highest BCUT2D eigenvalue weighted by Crippen LogP contribution is 2.20. The second kappa shape index (κ2) is 7.86. The molecule has 0 spiro atoms. The maximum Gasteiger partial charge on any atom is 0.274 e. The lowest BCUT2D eigenvalue weighted by Crippen LogP contribution is -2.17. The number of carbonyl (C=O) groups excluding carboxylic acids is 1. The SMILES string of the molecule is Cc1nc(NCc2ccccc2)cc(C(=O)Nc2ccc(F)c(F)c2F)n1.